The first-order valence-electron chi connectivity index (χ1n) is 11.8. The molecule has 0 radical (unpaired) electrons. The van der Waals surface area contributed by atoms with E-state index in [1.807, 2.05) is 61.5 Å². The minimum atomic E-state index is -0.813. The number of hydrogen-bond donors (Lipinski definition) is 0. The number of aromatic nitrogens is 2. The number of nitrogens with zero attached hydrogens (tertiary/aromatic N) is 4. The van der Waals surface area contributed by atoms with Crippen molar-refractivity contribution in [2.75, 3.05) is 6.61 Å². The summed E-state index contributed by atoms with van der Waals surface area (Å²) in [6.07, 6.45) is 2.00. The maximum Gasteiger partial charge on any atom is 0.359 e. The number of hydrazone groups is 1. The van der Waals surface area contributed by atoms with E-state index in [1.165, 1.54) is 28.1 Å². The van der Waals surface area contributed by atoms with Crippen LogP contribution in [-0.2, 0) is 16.1 Å². The van der Waals surface area contributed by atoms with E-state index < -0.39 is 24.5 Å². The molecule has 1 aliphatic heterocycles. The number of carbonyl (C=O) groups excluding carboxylic acids is 2. The molecule has 4 aromatic rings. The highest BCUT2D eigenvalue weighted by Crippen LogP contribution is 2.33. The lowest BCUT2D eigenvalue weighted by molar-refractivity contribution is -0.136. The third-order valence-corrected chi connectivity index (χ3v) is 6.00. The number of furan rings is 1. The summed E-state index contributed by atoms with van der Waals surface area (Å²) in [5, 5.41) is 9.95. The maximum atomic E-state index is 13.1. The number of ether oxygens (including phenoxy) is 1. The first-order valence-corrected chi connectivity index (χ1v) is 11.8. The zero-order valence-corrected chi connectivity index (χ0v) is 20.1. The highest BCUT2D eigenvalue weighted by Gasteiger charge is 2.35. The second-order valence-corrected chi connectivity index (χ2v) is 8.66. The number of benzene rings is 2. The van der Waals surface area contributed by atoms with Crippen molar-refractivity contribution in [2.24, 2.45) is 5.10 Å². The second-order valence-electron chi connectivity index (χ2n) is 8.66. The third kappa shape index (κ3) is 5.40. The van der Waals surface area contributed by atoms with Crippen molar-refractivity contribution < 1.29 is 18.7 Å². The predicted octanol–water partition coefficient (Wildman–Crippen LogP) is 3.73. The predicted molar refractivity (Wildman–Crippen MR) is 135 cm³/mol. The molecule has 9 heteroatoms. The van der Waals surface area contributed by atoms with Crippen molar-refractivity contribution in [3.63, 3.8) is 0 Å². The van der Waals surface area contributed by atoms with E-state index in [2.05, 4.69) is 10.2 Å². The molecule has 1 atom stereocenters. The Bertz CT molecular complexity index is 1490. The summed E-state index contributed by atoms with van der Waals surface area (Å²) >= 11 is 0. The molecule has 1 amide bonds. The van der Waals surface area contributed by atoms with Crippen LogP contribution in [0.15, 0.2) is 99.4 Å². The summed E-state index contributed by atoms with van der Waals surface area (Å²) in [5.74, 6) is -0.735. The van der Waals surface area contributed by atoms with Crippen molar-refractivity contribution >= 4 is 17.6 Å². The fourth-order valence-corrected chi connectivity index (χ4v) is 4.06. The van der Waals surface area contributed by atoms with Crippen LogP contribution < -0.4 is 5.56 Å². The molecule has 1 aliphatic rings. The normalized spacial score (nSPS) is 14.9. The largest absolute Gasteiger partial charge is 0.467 e. The number of amides is 1. The van der Waals surface area contributed by atoms with Crippen molar-refractivity contribution in [1.29, 1.82) is 0 Å². The van der Waals surface area contributed by atoms with Gasteiger partial charge in [0.2, 0.25) is 0 Å². The first kappa shape index (κ1) is 23.9. The van der Waals surface area contributed by atoms with E-state index in [4.69, 9.17) is 9.15 Å². The smallest absolute Gasteiger partial charge is 0.359 e. The topological polar surface area (TPSA) is 107 Å². The summed E-state index contributed by atoms with van der Waals surface area (Å²) in [4.78, 5) is 38.0. The van der Waals surface area contributed by atoms with Gasteiger partial charge < -0.3 is 9.15 Å². The Morgan fingerprint density at radius 2 is 1.78 bits per heavy atom. The van der Waals surface area contributed by atoms with Crippen LogP contribution in [0, 0.1) is 6.92 Å². The quantitative estimate of drug-likeness (QED) is 0.361. The Morgan fingerprint density at radius 1 is 1.00 bits per heavy atom. The number of carbonyl (C=O) groups is 2. The minimum Gasteiger partial charge on any atom is -0.467 e. The molecule has 37 heavy (non-hydrogen) atoms. The summed E-state index contributed by atoms with van der Waals surface area (Å²) in [5.41, 5.74) is 3.19. The van der Waals surface area contributed by atoms with Gasteiger partial charge in [-0.2, -0.15) is 10.2 Å². The number of esters is 1. The van der Waals surface area contributed by atoms with Crippen LogP contribution in [0.4, 0.5) is 0 Å². The van der Waals surface area contributed by atoms with Gasteiger partial charge in [0, 0.05) is 12.5 Å². The lowest BCUT2D eigenvalue weighted by atomic mass is 10.0. The molecule has 2 aromatic carbocycles. The van der Waals surface area contributed by atoms with Crippen LogP contribution in [0.1, 0.15) is 45.4 Å². The number of aryl methyl sites for hydroxylation is 1. The summed E-state index contributed by atoms with van der Waals surface area (Å²) in [6, 6.07) is 22.8. The van der Waals surface area contributed by atoms with E-state index in [9.17, 15) is 14.4 Å². The molecular weight excluding hydrogens is 472 g/mol. The fraction of sp³-hybridized carbons (Fsp3) is 0.179. The monoisotopic (exact) mass is 496 g/mol. The number of rotatable bonds is 7. The Kier molecular flexibility index (Phi) is 6.76. The zero-order valence-electron chi connectivity index (χ0n) is 20.1. The molecule has 5 rings (SSSR count). The second kappa shape index (κ2) is 10.4. The first-order chi connectivity index (χ1) is 18.0. The lowest BCUT2D eigenvalue weighted by Gasteiger charge is -2.19. The van der Waals surface area contributed by atoms with Crippen LogP contribution in [0.3, 0.4) is 0 Å². The van der Waals surface area contributed by atoms with Gasteiger partial charge in [0.15, 0.2) is 12.3 Å². The highest BCUT2D eigenvalue weighted by atomic mass is 16.5. The highest BCUT2D eigenvalue weighted by molar-refractivity contribution is 6.03. The van der Waals surface area contributed by atoms with E-state index in [1.54, 1.807) is 12.1 Å². The molecule has 0 spiro atoms. The van der Waals surface area contributed by atoms with Gasteiger partial charge in [-0.1, -0.05) is 60.2 Å². The van der Waals surface area contributed by atoms with Crippen LogP contribution in [0.5, 0.6) is 0 Å². The molecule has 2 aromatic heterocycles. The van der Waals surface area contributed by atoms with E-state index in [0.29, 0.717) is 12.2 Å². The SMILES string of the molecule is Cc1ccc(C2=NN(C(=O)COC(=O)c3ccc(=O)n(Cc4ccccc4)n3)C(c3ccco3)C2)cc1. The minimum absolute atomic E-state index is 0.0730. The van der Waals surface area contributed by atoms with Gasteiger partial charge >= 0.3 is 5.97 Å². The van der Waals surface area contributed by atoms with E-state index in [-0.39, 0.29) is 17.8 Å². The van der Waals surface area contributed by atoms with Gasteiger partial charge in [0.1, 0.15) is 11.8 Å². The molecule has 9 nitrogen and oxygen atoms in total. The van der Waals surface area contributed by atoms with Crippen molar-refractivity contribution in [3.8, 4) is 0 Å². The molecule has 0 aliphatic carbocycles. The Balaban J connectivity index is 1.30. The third-order valence-electron chi connectivity index (χ3n) is 6.00. The van der Waals surface area contributed by atoms with E-state index >= 15 is 0 Å². The summed E-state index contributed by atoms with van der Waals surface area (Å²) < 4.78 is 12.0. The standard InChI is InChI=1S/C28H24N4O5/c1-19-9-11-21(12-10-19)23-16-24(25-8-5-15-36-25)32(30-23)27(34)18-37-28(35)22-13-14-26(33)31(29-22)17-20-6-3-2-4-7-20/h2-15,24H,16-18H2,1H3. The maximum absolute atomic E-state index is 13.1. The van der Waals surface area contributed by atoms with Crippen LogP contribution in [0.25, 0.3) is 0 Å². The van der Waals surface area contributed by atoms with Gasteiger partial charge in [-0.05, 0) is 36.2 Å². The van der Waals surface area contributed by atoms with Crippen molar-refractivity contribution in [2.45, 2.75) is 25.9 Å². The van der Waals surface area contributed by atoms with Gasteiger partial charge in [0.05, 0.1) is 18.5 Å². The molecular formula is C28H24N4O5. The molecule has 0 N–H and O–H groups in total. The Morgan fingerprint density at radius 3 is 2.51 bits per heavy atom. The van der Waals surface area contributed by atoms with Crippen LogP contribution in [-0.4, -0.2) is 39.0 Å². The zero-order chi connectivity index (χ0) is 25.8. The molecule has 0 saturated heterocycles. The van der Waals surface area contributed by atoms with Crippen LogP contribution in [0.2, 0.25) is 0 Å². The molecule has 0 saturated carbocycles. The van der Waals surface area contributed by atoms with Gasteiger partial charge in [0.25, 0.3) is 11.5 Å². The molecule has 0 bridgehead atoms. The van der Waals surface area contributed by atoms with Crippen LogP contribution >= 0.6 is 0 Å². The van der Waals surface area contributed by atoms with Gasteiger partial charge in [-0.15, -0.1) is 0 Å². The van der Waals surface area contributed by atoms with E-state index in [0.717, 1.165) is 22.4 Å². The Labute approximate surface area is 212 Å². The summed E-state index contributed by atoms with van der Waals surface area (Å²) in [6.45, 7) is 1.66. The van der Waals surface area contributed by atoms with Gasteiger partial charge in [-0.25, -0.2) is 14.5 Å². The lowest BCUT2D eigenvalue weighted by Crippen LogP contribution is -2.32. The summed E-state index contributed by atoms with van der Waals surface area (Å²) in [7, 11) is 0. The van der Waals surface area contributed by atoms with Crippen molar-refractivity contribution in [3.05, 3.63) is 124 Å². The van der Waals surface area contributed by atoms with Gasteiger partial charge in [-0.3, -0.25) is 9.59 Å². The fourth-order valence-electron chi connectivity index (χ4n) is 4.06. The van der Waals surface area contributed by atoms with Crippen molar-refractivity contribution in [1.82, 2.24) is 14.8 Å². The Hall–Kier alpha value is -4.79. The number of hydrogen-bond acceptors (Lipinski definition) is 7. The molecule has 1 unspecified atom stereocenters. The average molecular weight is 497 g/mol. The average Bonchev–Trinajstić information content (AvgIpc) is 3.60. The molecule has 0 fully saturated rings. The molecule has 3 heterocycles. The molecule has 186 valence electrons.